The average molecular weight is 494 g/mol. The molecule has 4 rings (SSSR count). The van der Waals surface area contributed by atoms with E-state index in [1.807, 2.05) is 37.3 Å². The molecule has 36 heavy (non-hydrogen) atoms. The minimum absolute atomic E-state index is 0.0486. The normalized spacial score (nSPS) is 13.9. The first-order valence-electron chi connectivity index (χ1n) is 11.9. The summed E-state index contributed by atoms with van der Waals surface area (Å²) >= 11 is 0. The van der Waals surface area contributed by atoms with Crippen molar-refractivity contribution >= 4 is 11.8 Å². The van der Waals surface area contributed by atoms with Crippen molar-refractivity contribution < 1.29 is 23.5 Å². The van der Waals surface area contributed by atoms with E-state index in [-0.39, 0.29) is 35.6 Å². The number of aromatic nitrogens is 1. The maximum Gasteiger partial charge on any atom is 0.259 e. The zero-order valence-electron chi connectivity index (χ0n) is 21.0. The van der Waals surface area contributed by atoms with Crippen LogP contribution in [0.3, 0.4) is 0 Å². The van der Waals surface area contributed by atoms with Crippen LogP contribution in [0.15, 0.2) is 57.9 Å². The highest BCUT2D eigenvalue weighted by atomic mass is 16.5. The van der Waals surface area contributed by atoms with Crippen molar-refractivity contribution in [1.29, 1.82) is 0 Å². The molecule has 1 aromatic carbocycles. The van der Waals surface area contributed by atoms with Crippen LogP contribution in [0.25, 0.3) is 0 Å². The summed E-state index contributed by atoms with van der Waals surface area (Å²) in [5.74, 6) is 1.24. The minimum Gasteiger partial charge on any atom is -0.497 e. The molecule has 2 amide bonds. The first-order chi connectivity index (χ1) is 17.3. The molecule has 1 atom stereocenters. The van der Waals surface area contributed by atoms with Crippen molar-refractivity contribution in [2.24, 2.45) is 0 Å². The molecular weight excluding hydrogens is 462 g/mol. The topological polar surface area (TPSA) is 94.2 Å². The summed E-state index contributed by atoms with van der Waals surface area (Å²) in [6, 6.07) is 12.0. The van der Waals surface area contributed by atoms with Gasteiger partial charge in [0.2, 0.25) is 5.91 Å². The average Bonchev–Trinajstić information content (AvgIpc) is 3.33. The highest BCUT2D eigenvalue weighted by Crippen LogP contribution is 2.28. The van der Waals surface area contributed by atoms with E-state index < -0.39 is 0 Å². The molecular formula is C27H31N3O6. The van der Waals surface area contributed by atoms with Gasteiger partial charge in [0, 0.05) is 44.9 Å². The highest BCUT2D eigenvalue weighted by Gasteiger charge is 2.30. The summed E-state index contributed by atoms with van der Waals surface area (Å²) in [6.45, 7) is 2.91. The first kappa shape index (κ1) is 25.1. The van der Waals surface area contributed by atoms with E-state index in [4.69, 9.17) is 13.9 Å². The van der Waals surface area contributed by atoms with Crippen LogP contribution in [0.5, 0.6) is 11.5 Å². The number of rotatable bonds is 7. The molecule has 9 nitrogen and oxygen atoms in total. The second kappa shape index (κ2) is 10.7. The molecule has 3 heterocycles. The third-order valence-electron chi connectivity index (χ3n) is 6.73. The van der Waals surface area contributed by atoms with Gasteiger partial charge in [-0.3, -0.25) is 14.4 Å². The van der Waals surface area contributed by atoms with Crippen LogP contribution in [0.2, 0.25) is 0 Å². The number of amides is 2. The fourth-order valence-corrected chi connectivity index (χ4v) is 4.53. The van der Waals surface area contributed by atoms with Crippen LogP contribution in [0, 0.1) is 0 Å². The Bertz CT molecular complexity index is 1300. The molecule has 2 aromatic heterocycles. The van der Waals surface area contributed by atoms with Gasteiger partial charge in [-0.2, -0.15) is 0 Å². The summed E-state index contributed by atoms with van der Waals surface area (Å²) in [4.78, 5) is 43.0. The number of carbonyl (C=O) groups excluding carboxylic acids is 2. The van der Waals surface area contributed by atoms with E-state index >= 15 is 0 Å². The van der Waals surface area contributed by atoms with E-state index in [2.05, 4.69) is 0 Å². The summed E-state index contributed by atoms with van der Waals surface area (Å²) in [7, 11) is 4.72. The van der Waals surface area contributed by atoms with Crippen LogP contribution in [-0.2, 0) is 24.2 Å². The first-order valence-corrected chi connectivity index (χ1v) is 11.9. The summed E-state index contributed by atoms with van der Waals surface area (Å²) in [6.07, 6.45) is 2.14. The van der Waals surface area contributed by atoms with Crippen LogP contribution >= 0.6 is 0 Å². The highest BCUT2D eigenvalue weighted by molar-refractivity contribution is 5.98. The Morgan fingerprint density at radius 1 is 1.08 bits per heavy atom. The molecule has 0 saturated carbocycles. The van der Waals surface area contributed by atoms with Gasteiger partial charge in [0.1, 0.15) is 22.8 Å². The molecule has 0 bridgehead atoms. The van der Waals surface area contributed by atoms with E-state index in [9.17, 15) is 14.4 Å². The van der Waals surface area contributed by atoms with Gasteiger partial charge < -0.3 is 28.3 Å². The summed E-state index contributed by atoms with van der Waals surface area (Å²) in [5, 5.41) is 0. The monoisotopic (exact) mass is 493 g/mol. The van der Waals surface area contributed by atoms with Gasteiger partial charge in [-0.15, -0.1) is 0 Å². The van der Waals surface area contributed by atoms with Gasteiger partial charge in [-0.05, 0) is 36.8 Å². The van der Waals surface area contributed by atoms with Gasteiger partial charge >= 0.3 is 0 Å². The number of nitrogens with zero attached hydrogens (tertiary/aromatic N) is 3. The van der Waals surface area contributed by atoms with Gasteiger partial charge in [0.05, 0.1) is 32.9 Å². The number of hydrogen-bond donors (Lipinski definition) is 0. The maximum atomic E-state index is 13.7. The predicted octanol–water partition coefficient (Wildman–Crippen LogP) is 2.92. The second-order valence-electron chi connectivity index (χ2n) is 8.79. The predicted molar refractivity (Wildman–Crippen MR) is 133 cm³/mol. The zero-order valence-corrected chi connectivity index (χ0v) is 21.0. The largest absolute Gasteiger partial charge is 0.497 e. The van der Waals surface area contributed by atoms with Crippen LogP contribution in [0.4, 0.5) is 0 Å². The number of carbonyl (C=O) groups is 2. The number of ether oxygens (including phenoxy) is 2. The summed E-state index contributed by atoms with van der Waals surface area (Å²) < 4.78 is 17.8. The van der Waals surface area contributed by atoms with E-state index in [1.165, 1.54) is 13.2 Å². The Hall–Kier alpha value is -4.01. The smallest absolute Gasteiger partial charge is 0.259 e. The van der Waals surface area contributed by atoms with Crippen molar-refractivity contribution in [1.82, 2.24) is 14.4 Å². The van der Waals surface area contributed by atoms with Gasteiger partial charge in [0.15, 0.2) is 0 Å². The van der Waals surface area contributed by atoms with Crippen LogP contribution < -0.4 is 15.0 Å². The Morgan fingerprint density at radius 2 is 1.89 bits per heavy atom. The molecule has 0 unspecified atom stereocenters. The van der Waals surface area contributed by atoms with E-state index in [1.54, 1.807) is 40.9 Å². The number of hydrogen-bond acceptors (Lipinski definition) is 6. The lowest BCUT2D eigenvalue weighted by atomic mass is 10.1. The lowest BCUT2D eigenvalue weighted by Crippen LogP contribution is -2.35. The maximum absolute atomic E-state index is 13.7. The fourth-order valence-electron chi connectivity index (χ4n) is 4.53. The quantitative estimate of drug-likeness (QED) is 0.502. The number of methoxy groups -OCH3 is 2. The molecule has 9 heteroatoms. The van der Waals surface area contributed by atoms with Gasteiger partial charge in [0.25, 0.3) is 11.5 Å². The number of pyridine rings is 1. The molecule has 0 fully saturated rings. The molecule has 1 aliphatic heterocycles. The molecule has 0 saturated heterocycles. The van der Waals surface area contributed by atoms with Crippen molar-refractivity contribution in [3.05, 3.63) is 81.7 Å². The Labute approximate surface area is 209 Å². The van der Waals surface area contributed by atoms with Crippen LogP contribution in [0.1, 0.15) is 40.3 Å². The number of fused-ring (bicyclic) bond motifs is 1. The van der Waals surface area contributed by atoms with Crippen LogP contribution in [-0.4, -0.2) is 60.5 Å². The Morgan fingerprint density at radius 3 is 2.58 bits per heavy atom. The van der Waals surface area contributed by atoms with Crippen molar-refractivity contribution in [2.45, 2.75) is 32.4 Å². The van der Waals surface area contributed by atoms with Gasteiger partial charge in [-0.1, -0.05) is 12.1 Å². The standard InChI is InChI=1S/C27H31N3O6/c1-18(22-9-6-14-36-22)28(2)27(33)26-21-10-11-29(12-13-30(21)25(32)17-23(26)35-4)24(31)16-19-7-5-8-20(15-19)34-3/h5-9,14-15,17-18H,10-13,16H2,1-4H3/t18-/m1/s1. The molecule has 0 radical (unpaired) electrons. The molecule has 1 aliphatic rings. The lowest BCUT2D eigenvalue weighted by molar-refractivity contribution is -0.130. The van der Waals surface area contributed by atoms with Crippen molar-refractivity contribution in [2.75, 3.05) is 34.4 Å². The molecule has 3 aromatic rings. The molecule has 0 spiro atoms. The van der Waals surface area contributed by atoms with Crippen molar-refractivity contribution in [3.8, 4) is 11.5 Å². The minimum atomic E-state index is -0.323. The second-order valence-corrected chi connectivity index (χ2v) is 8.79. The SMILES string of the molecule is COc1cccc(CC(=O)N2CCc3c(C(=O)N(C)[C@H](C)c4ccco4)c(OC)cc(=O)n3CC2)c1. The van der Waals surface area contributed by atoms with Gasteiger partial charge in [-0.25, -0.2) is 0 Å². The third-order valence-corrected chi connectivity index (χ3v) is 6.73. The molecule has 190 valence electrons. The lowest BCUT2D eigenvalue weighted by Gasteiger charge is -2.26. The molecule has 0 aliphatic carbocycles. The zero-order chi connectivity index (χ0) is 25.8. The summed E-state index contributed by atoms with van der Waals surface area (Å²) in [5.41, 5.74) is 1.49. The van der Waals surface area contributed by atoms with E-state index in [0.717, 1.165) is 5.56 Å². The third kappa shape index (κ3) is 5.00. The number of furan rings is 1. The molecule has 0 N–H and O–H groups in total. The fraction of sp³-hybridized carbons (Fsp3) is 0.370. The van der Waals surface area contributed by atoms with Crippen molar-refractivity contribution in [3.63, 3.8) is 0 Å². The van der Waals surface area contributed by atoms with E-state index in [0.29, 0.717) is 48.8 Å². The Balaban J connectivity index is 1.60. The Kier molecular flexibility index (Phi) is 7.47. The number of benzene rings is 1.